The summed E-state index contributed by atoms with van der Waals surface area (Å²) in [6.07, 6.45) is 5.80. The van der Waals surface area contributed by atoms with E-state index < -0.39 is 0 Å². The standard InChI is InChI=1S/C26H30N4O2/c1-18(2)11-15-30-21-9-5-13-27-24(21)29-14-6-10-22(29)26(30)12-16-28(17-26)25(32)20-8-4-7-19(3)23(20)31/h4-10,13-14,18,31H,11-12,15-17H2,1-3H3/t26-/m1/s1. The second-order valence-corrected chi connectivity index (χ2v) is 9.42. The molecular formula is C26H30N4O2. The molecule has 6 nitrogen and oxygen atoms in total. The summed E-state index contributed by atoms with van der Waals surface area (Å²) < 4.78 is 2.18. The molecule has 0 unspecified atom stereocenters. The van der Waals surface area contributed by atoms with Crippen molar-refractivity contribution >= 4 is 11.6 Å². The Kier molecular flexibility index (Phi) is 4.96. The summed E-state index contributed by atoms with van der Waals surface area (Å²) in [5.41, 5.74) is 3.07. The maximum Gasteiger partial charge on any atom is 0.257 e. The van der Waals surface area contributed by atoms with Crippen molar-refractivity contribution in [2.45, 2.75) is 39.2 Å². The Morgan fingerprint density at radius 1 is 1.19 bits per heavy atom. The molecule has 4 heterocycles. The number of nitrogens with zero attached hydrogens (tertiary/aromatic N) is 4. The van der Waals surface area contributed by atoms with E-state index >= 15 is 0 Å². The van der Waals surface area contributed by atoms with Crippen LogP contribution in [0.5, 0.6) is 5.75 Å². The fourth-order valence-corrected chi connectivity index (χ4v) is 5.22. The minimum absolute atomic E-state index is 0.0803. The maximum atomic E-state index is 13.4. The monoisotopic (exact) mass is 430 g/mol. The van der Waals surface area contributed by atoms with Crippen molar-refractivity contribution in [1.82, 2.24) is 14.5 Å². The second-order valence-electron chi connectivity index (χ2n) is 9.42. The number of aryl methyl sites for hydroxylation is 1. The Morgan fingerprint density at radius 2 is 2.03 bits per heavy atom. The lowest BCUT2D eigenvalue weighted by Gasteiger charge is -2.47. The molecule has 1 fully saturated rings. The lowest BCUT2D eigenvalue weighted by molar-refractivity contribution is 0.0778. The van der Waals surface area contributed by atoms with E-state index in [1.165, 1.54) is 5.69 Å². The summed E-state index contributed by atoms with van der Waals surface area (Å²) in [7, 11) is 0. The van der Waals surface area contributed by atoms with E-state index in [0.29, 0.717) is 24.6 Å². The van der Waals surface area contributed by atoms with Crippen LogP contribution >= 0.6 is 0 Å². The zero-order valence-corrected chi connectivity index (χ0v) is 19.0. The molecule has 2 aromatic heterocycles. The van der Waals surface area contributed by atoms with Crippen LogP contribution in [-0.2, 0) is 5.54 Å². The summed E-state index contributed by atoms with van der Waals surface area (Å²) in [5.74, 6) is 1.49. The second kappa shape index (κ2) is 7.69. The minimum Gasteiger partial charge on any atom is -0.507 e. The van der Waals surface area contributed by atoms with Gasteiger partial charge in [-0.2, -0.15) is 0 Å². The fraction of sp³-hybridized carbons (Fsp3) is 0.385. The molecule has 1 aromatic carbocycles. The molecule has 0 aliphatic carbocycles. The molecule has 0 saturated carbocycles. The maximum absolute atomic E-state index is 13.4. The molecule has 0 radical (unpaired) electrons. The molecule has 0 bridgehead atoms. The molecule has 1 amide bonds. The van der Waals surface area contributed by atoms with Crippen LogP contribution in [-0.4, -0.2) is 45.1 Å². The molecular weight excluding hydrogens is 400 g/mol. The summed E-state index contributed by atoms with van der Waals surface area (Å²) in [6, 6.07) is 13.7. The summed E-state index contributed by atoms with van der Waals surface area (Å²) >= 11 is 0. The number of phenols is 1. The van der Waals surface area contributed by atoms with Crippen LogP contribution in [0.15, 0.2) is 54.9 Å². The molecule has 1 atom stereocenters. The molecule has 6 heteroatoms. The van der Waals surface area contributed by atoms with Gasteiger partial charge in [-0.05, 0) is 61.6 Å². The van der Waals surface area contributed by atoms with Crippen molar-refractivity contribution in [3.05, 3.63) is 71.7 Å². The van der Waals surface area contributed by atoms with Gasteiger partial charge < -0.3 is 19.5 Å². The Labute approximate surface area is 189 Å². The van der Waals surface area contributed by atoms with Gasteiger partial charge in [0.05, 0.1) is 16.9 Å². The van der Waals surface area contributed by atoms with Gasteiger partial charge in [-0.25, -0.2) is 4.98 Å². The van der Waals surface area contributed by atoms with Gasteiger partial charge in [0.15, 0.2) is 5.82 Å². The Morgan fingerprint density at radius 3 is 2.84 bits per heavy atom. The number of amides is 1. The smallest absolute Gasteiger partial charge is 0.257 e. The third-order valence-electron chi connectivity index (χ3n) is 6.96. The highest BCUT2D eigenvalue weighted by Crippen LogP contribution is 2.47. The Balaban J connectivity index is 1.56. The number of carbonyl (C=O) groups is 1. The third-order valence-corrected chi connectivity index (χ3v) is 6.96. The van der Waals surface area contributed by atoms with Crippen LogP contribution in [0.1, 0.15) is 48.3 Å². The number of fused-ring (bicyclic) bond motifs is 4. The molecule has 2 aliphatic heterocycles. The van der Waals surface area contributed by atoms with Gasteiger partial charge in [-0.3, -0.25) is 4.79 Å². The number of hydrogen-bond donors (Lipinski definition) is 1. The van der Waals surface area contributed by atoms with Gasteiger partial charge in [-0.15, -0.1) is 0 Å². The van der Waals surface area contributed by atoms with Gasteiger partial charge >= 0.3 is 0 Å². The predicted molar refractivity (Wildman–Crippen MR) is 125 cm³/mol. The number of benzene rings is 1. The highest BCUT2D eigenvalue weighted by atomic mass is 16.3. The first-order valence-electron chi connectivity index (χ1n) is 11.4. The van der Waals surface area contributed by atoms with Crippen molar-refractivity contribution in [2.24, 2.45) is 5.92 Å². The number of aromatic hydroxyl groups is 1. The number of hydrogen-bond acceptors (Lipinski definition) is 4. The minimum atomic E-state index is -0.316. The van der Waals surface area contributed by atoms with Gasteiger partial charge in [0.1, 0.15) is 11.3 Å². The highest BCUT2D eigenvalue weighted by molar-refractivity contribution is 5.97. The van der Waals surface area contributed by atoms with E-state index in [2.05, 4.69) is 47.7 Å². The molecule has 1 saturated heterocycles. The number of para-hydroxylation sites is 1. The van der Waals surface area contributed by atoms with Crippen molar-refractivity contribution < 1.29 is 9.90 Å². The van der Waals surface area contributed by atoms with Gasteiger partial charge in [-0.1, -0.05) is 26.0 Å². The normalized spacial score (nSPS) is 19.5. The van der Waals surface area contributed by atoms with E-state index in [0.717, 1.165) is 36.5 Å². The third kappa shape index (κ3) is 3.08. The van der Waals surface area contributed by atoms with Crippen LogP contribution in [0.4, 0.5) is 5.69 Å². The van der Waals surface area contributed by atoms with Gasteiger partial charge in [0.2, 0.25) is 0 Å². The van der Waals surface area contributed by atoms with Crippen LogP contribution < -0.4 is 4.90 Å². The Bertz CT molecular complexity index is 1170. The molecule has 166 valence electrons. The SMILES string of the molecule is Cc1cccc(C(=O)N2CC[C@@]3(C2)c2cccn2-c2ncccc2N3CCC(C)C)c1O. The Hall–Kier alpha value is -3.28. The average molecular weight is 431 g/mol. The first-order valence-corrected chi connectivity index (χ1v) is 11.4. The van der Waals surface area contributed by atoms with Crippen LogP contribution in [0.2, 0.25) is 0 Å². The van der Waals surface area contributed by atoms with Crippen LogP contribution in [0.25, 0.3) is 5.82 Å². The first kappa shape index (κ1) is 20.6. The summed E-state index contributed by atoms with van der Waals surface area (Å²) in [4.78, 5) is 22.5. The summed E-state index contributed by atoms with van der Waals surface area (Å²) in [6.45, 7) is 8.44. The number of aromatic nitrogens is 2. The van der Waals surface area contributed by atoms with Gasteiger partial charge in [0, 0.05) is 32.0 Å². The van der Waals surface area contributed by atoms with E-state index in [9.17, 15) is 9.90 Å². The zero-order valence-electron chi connectivity index (χ0n) is 19.0. The zero-order chi connectivity index (χ0) is 22.5. The van der Waals surface area contributed by atoms with E-state index in [1.54, 1.807) is 6.07 Å². The number of pyridine rings is 1. The van der Waals surface area contributed by atoms with Crippen molar-refractivity contribution in [1.29, 1.82) is 0 Å². The predicted octanol–water partition coefficient (Wildman–Crippen LogP) is 4.49. The van der Waals surface area contributed by atoms with Crippen LogP contribution in [0.3, 0.4) is 0 Å². The number of phenolic OH excluding ortho intramolecular Hbond substituents is 1. The van der Waals surface area contributed by atoms with E-state index in [1.807, 2.05) is 36.2 Å². The largest absolute Gasteiger partial charge is 0.507 e. The molecule has 5 rings (SSSR count). The fourth-order valence-electron chi connectivity index (χ4n) is 5.22. The number of rotatable bonds is 4. The molecule has 2 aliphatic rings. The van der Waals surface area contributed by atoms with Crippen LogP contribution in [0, 0.1) is 12.8 Å². The van der Waals surface area contributed by atoms with Crippen molar-refractivity contribution in [3.8, 4) is 11.6 Å². The number of anilines is 1. The molecule has 32 heavy (non-hydrogen) atoms. The molecule has 1 N–H and O–H groups in total. The molecule has 1 spiro atoms. The molecule has 3 aromatic rings. The highest BCUT2D eigenvalue weighted by Gasteiger charge is 2.50. The topological polar surface area (TPSA) is 61.6 Å². The number of likely N-dealkylation sites (tertiary alicyclic amines) is 1. The lowest BCUT2D eigenvalue weighted by Crippen LogP contribution is -2.53. The van der Waals surface area contributed by atoms with Gasteiger partial charge in [0.25, 0.3) is 5.91 Å². The van der Waals surface area contributed by atoms with Crippen molar-refractivity contribution in [2.75, 3.05) is 24.5 Å². The number of carbonyl (C=O) groups excluding carboxylic acids is 1. The van der Waals surface area contributed by atoms with E-state index in [4.69, 9.17) is 4.98 Å². The summed E-state index contributed by atoms with van der Waals surface area (Å²) in [5, 5.41) is 10.5. The lowest BCUT2D eigenvalue weighted by atomic mass is 9.88. The average Bonchev–Trinajstić information content (AvgIpc) is 3.44. The van der Waals surface area contributed by atoms with Crippen molar-refractivity contribution in [3.63, 3.8) is 0 Å². The quantitative estimate of drug-likeness (QED) is 0.662. The first-order chi connectivity index (χ1) is 15.4. The van der Waals surface area contributed by atoms with E-state index in [-0.39, 0.29) is 17.2 Å².